The van der Waals surface area contributed by atoms with Crippen LogP contribution < -0.4 is 16.5 Å². The van der Waals surface area contributed by atoms with Gasteiger partial charge < -0.3 is 15.6 Å². The number of carbonyl (C=O) groups is 1. The summed E-state index contributed by atoms with van der Waals surface area (Å²) in [6.07, 6.45) is 9.51. The van der Waals surface area contributed by atoms with Crippen molar-refractivity contribution in [3.63, 3.8) is 0 Å². The lowest BCUT2D eigenvalue weighted by Gasteiger charge is -2.46. The molecule has 4 rings (SSSR count). The third-order valence-electron chi connectivity index (χ3n) is 6.50. The van der Waals surface area contributed by atoms with Crippen molar-refractivity contribution in [1.82, 2.24) is 15.5 Å². The number of hydrogen-bond acceptors (Lipinski definition) is 5. The molecular weight excluding hydrogens is 378 g/mol. The lowest BCUT2D eigenvalue weighted by molar-refractivity contribution is 0.149. The normalized spacial score (nSPS) is 30.0. The molecule has 0 bridgehead atoms. The Kier molecular flexibility index (Phi) is 5.49. The van der Waals surface area contributed by atoms with Crippen molar-refractivity contribution in [1.29, 1.82) is 0 Å². The monoisotopic (exact) mass is 407 g/mol. The maximum atomic E-state index is 13.0. The van der Waals surface area contributed by atoms with Crippen LogP contribution in [0.15, 0.2) is 71.6 Å². The second-order valence-corrected chi connectivity index (χ2v) is 8.51. The summed E-state index contributed by atoms with van der Waals surface area (Å²) >= 11 is 0. The van der Waals surface area contributed by atoms with Crippen molar-refractivity contribution in [2.75, 3.05) is 20.1 Å². The fourth-order valence-electron chi connectivity index (χ4n) is 5.24. The second kappa shape index (κ2) is 8.08. The van der Waals surface area contributed by atoms with E-state index in [-0.39, 0.29) is 17.0 Å². The third kappa shape index (κ3) is 3.66. The van der Waals surface area contributed by atoms with Crippen LogP contribution in [-0.4, -0.2) is 42.3 Å². The predicted octanol–water partition coefficient (Wildman–Crippen LogP) is 2.74. The zero-order chi connectivity index (χ0) is 21.2. The fourth-order valence-corrected chi connectivity index (χ4v) is 5.24. The Labute approximate surface area is 177 Å². The van der Waals surface area contributed by atoms with Crippen molar-refractivity contribution in [3.8, 4) is 0 Å². The number of nitrogens with zero attached hydrogens (tertiary/aromatic N) is 2. The minimum Gasteiger partial charge on any atom is -0.330 e. The minimum absolute atomic E-state index is 0.0113. The van der Waals surface area contributed by atoms with Gasteiger partial charge in [-0.1, -0.05) is 54.6 Å². The lowest BCUT2D eigenvalue weighted by Crippen LogP contribution is -2.54. The van der Waals surface area contributed by atoms with Gasteiger partial charge in [-0.15, -0.1) is 5.90 Å². The molecule has 1 saturated carbocycles. The number of rotatable bonds is 5. The van der Waals surface area contributed by atoms with E-state index in [1.54, 1.807) is 11.0 Å². The first-order valence-corrected chi connectivity index (χ1v) is 10.3. The predicted molar refractivity (Wildman–Crippen MR) is 118 cm³/mol. The van der Waals surface area contributed by atoms with E-state index in [1.165, 1.54) is 5.56 Å². The highest BCUT2D eigenvalue weighted by molar-refractivity contribution is 6.11. The number of hydrogen-bond donors (Lipinski definition) is 3. The molecule has 4 N–H and O–H groups in total. The molecule has 1 aliphatic heterocycles. The third-order valence-corrected chi connectivity index (χ3v) is 6.50. The molecule has 1 heterocycles. The molecule has 0 aromatic heterocycles. The van der Waals surface area contributed by atoms with Crippen molar-refractivity contribution in [2.24, 2.45) is 11.1 Å². The minimum atomic E-state index is -0.271. The number of amides is 2. The Morgan fingerprint density at radius 1 is 1.30 bits per heavy atom. The van der Waals surface area contributed by atoms with E-state index in [0.29, 0.717) is 17.8 Å². The number of urea groups is 1. The molecular formula is C23H29N5O2. The average Bonchev–Trinajstić information content (AvgIpc) is 3.06. The van der Waals surface area contributed by atoms with E-state index in [4.69, 9.17) is 5.90 Å². The highest BCUT2D eigenvalue weighted by atomic mass is 16.7. The molecule has 2 aliphatic carbocycles. The second-order valence-electron chi connectivity index (χ2n) is 8.51. The summed E-state index contributed by atoms with van der Waals surface area (Å²) in [6.45, 7) is 5.42. The van der Waals surface area contributed by atoms with Crippen LogP contribution in [0.2, 0.25) is 0 Å². The van der Waals surface area contributed by atoms with E-state index >= 15 is 0 Å². The molecule has 2 amide bonds. The van der Waals surface area contributed by atoms with Gasteiger partial charge >= 0.3 is 6.03 Å². The first-order valence-electron chi connectivity index (χ1n) is 10.3. The van der Waals surface area contributed by atoms with Gasteiger partial charge in [0.05, 0.1) is 12.1 Å². The quantitative estimate of drug-likeness (QED) is 0.655. The van der Waals surface area contributed by atoms with Crippen LogP contribution in [0.25, 0.3) is 0 Å². The smallest absolute Gasteiger partial charge is 0.322 e. The van der Waals surface area contributed by atoms with E-state index in [1.807, 2.05) is 25.3 Å². The van der Waals surface area contributed by atoms with Crippen LogP contribution >= 0.6 is 0 Å². The summed E-state index contributed by atoms with van der Waals surface area (Å²) in [7, 11) is 2.00. The molecule has 2 fully saturated rings. The zero-order valence-corrected chi connectivity index (χ0v) is 17.4. The molecule has 2 atom stereocenters. The number of nitrogens with two attached hydrogens (primary N) is 1. The van der Waals surface area contributed by atoms with Crippen LogP contribution in [0, 0.1) is 0 Å². The van der Waals surface area contributed by atoms with Crippen LogP contribution in [0.5, 0.6) is 0 Å². The number of allylic oxidation sites excluding steroid dienone is 4. The maximum Gasteiger partial charge on any atom is 0.322 e. The highest BCUT2D eigenvalue weighted by Crippen LogP contribution is 2.46. The largest absolute Gasteiger partial charge is 0.330 e. The van der Waals surface area contributed by atoms with E-state index < -0.39 is 0 Å². The zero-order valence-electron chi connectivity index (χ0n) is 17.4. The van der Waals surface area contributed by atoms with Crippen LogP contribution in [0.4, 0.5) is 4.79 Å². The SMILES string of the molecule is C=C1C=CC(N2C[C@]3(CCCC(CNC)(c4ccccc4)C3)NC2=O)=C/C1=N/ON. The number of nitrogens with one attached hydrogen (secondary N) is 2. The van der Waals surface area contributed by atoms with Gasteiger partial charge in [0.1, 0.15) is 5.71 Å². The van der Waals surface area contributed by atoms with Gasteiger partial charge in [-0.05, 0) is 49.6 Å². The summed E-state index contributed by atoms with van der Waals surface area (Å²) in [4.78, 5) is 19.2. The molecule has 1 spiro atoms. The first-order chi connectivity index (χ1) is 14.5. The Hall–Kier alpha value is -2.90. The van der Waals surface area contributed by atoms with E-state index in [2.05, 4.69) is 51.6 Å². The molecule has 7 nitrogen and oxygen atoms in total. The summed E-state index contributed by atoms with van der Waals surface area (Å²) in [5.74, 6) is 5.09. The Balaban J connectivity index is 1.62. The average molecular weight is 408 g/mol. The summed E-state index contributed by atoms with van der Waals surface area (Å²) in [6, 6.07) is 10.6. The van der Waals surface area contributed by atoms with Gasteiger partial charge in [0, 0.05) is 17.7 Å². The molecule has 1 saturated heterocycles. The number of oxime groups is 1. The number of carbonyl (C=O) groups excluding carboxylic acids is 1. The lowest BCUT2D eigenvalue weighted by atomic mass is 9.63. The maximum absolute atomic E-state index is 13.0. The number of likely N-dealkylation sites (N-methyl/N-ethyl adjacent to an activating group) is 1. The molecule has 1 aromatic rings. The topological polar surface area (TPSA) is 92.0 Å². The van der Waals surface area contributed by atoms with Gasteiger partial charge in [-0.3, -0.25) is 4.90 Å². The van der Waals surface area contributed by atoms with Gasteiger partial charge in [-0.2, -0.15) is 0 Å². The van der Waals surface area contributed by atoms with Crippen molar-refractivity contribution >= 4 is 11.7 Å². The van der Waals surface area contributed by atoms with E-state index in [9.17, 15) is 4.79 Å². The summed E-state index contributed by atoms with van der Waals surface area (Å²) < 4.78 is 0. The van der Waals surface area contributed by atoms with Gasteiger partial charge in [0.25, 0.3) is 0 Å². The molecule has 3 aliphatic rings. The fraction of sp³-hybridized carbons (Fsp3) is 0.391. The van der Waals surface area contributed by atoms with Crippen LogP contribution in [0.1, 0.15) is 31.2 Å². The van der Waals surface area contributed by atoms with Crippen molar-refractivity contribution in [2.45, 2.75) is 36.6 Å². The van der Waals surface area contributed by atoms with Crippen LogP contribution in [0.3, 0.4) is 0 Å². The molecule has 30 heavy (non-hydrogen) atoms. The van der Waals surface area contributed by atoms with Gasteiger partial charge in [0.2, 0.25) is 0 Å². The van der Waals surface area contributed by atoms with Crippen molar-refractivity contribution < 1.29 is 9.73 Å². The molecule has 158 valence electrons. The summed E-state index contributed by atoms with van der Waals surface area (Å²) in [5.41, 5.74) is 3.01. The first kappa shape index (κ1) is 20.4. The Bertz CT molecular complexity index is 919. The standard InChI is InChI=1S/C23H29N5O2/c1-17-9-10-19(13-20(17)27-30-24)28-16-23(26-21(28)29)12-6-11-22(14-23,15-25-2)18-7-4-3-5-8-18/h3-5,7-10,13,25H,1,6,11-12,14-16,24H2,2H3,(H,26,29)/b27-20-/t22?,23-/m1/s1. The molecule has 1 unspecified atom stereocenters. The molecule has 0 radical (unpaired) electrons. The highest BCUT2D eigenvalue weighted by Gasteiger charge is 2.51. The van der Waals surface area contributed by atoms with Crippen molar-refractivity contribution in [3.05, 3.63) is 72.0 Å². The Morgan fingerprint density at radius 2 is 2.10 bits per heavy atom. The molecule has 1 aromatic carbocycles. The Morgan fingerprint density at radius 3 is 2.83 bits per heavy atom. The van der Waals surface area contributed by atoms with Gasteiger partial charge in [0.15, 0.2) is 0 Å². The van der Waals surface area contributed by atoms with Gasteiger partial charge in [-0.25, -0.2) is 4.79 Å². The molecule has 7 heteroatoms. The van der Waals surface area contributed by atoms with E-state index in [0.717, 1.165) is 37.9 Å². The number of benzene rings is 1. The van der Waals surface area contributed by atoms with Crippen LogP contribution in [-0.2, 0) is 10.4 Å². The summed E-state index contributed by atoms with van der Waals surface area (Å²) in [5, 5.41) is 10.5.